The van der Waals surface area contributed by atoms with Crippen molar-refractivity contribution in [2.45, 2.75) is 32.6 Å². The van der Waals surface area contributed by atoms with Crippen molar-refractivity contribution in [3.8, 4) is 28.3 Å². The van der Waals surface area contributed by atoms with Gasteiger partial charge in [-0.2, -0.15) is 0 Å². The van der Waals surface area contributed by atoms with E-state index in [4.69, 9.17) is 9.40 Å². The number of para-hydroxylation sites is 1. The van der Waals surface area contributed by atoms with Crippen molar-refractivity contribution in [2.75, 3.05) is 11.9 Å². The molecule has 0 amide bonds. The number of aromatic nitrogens is 1. The smallest absolute Gasteiger partial charge is 0.306 e. The Morgan fingerprint density at radius 3 is 2.57 bits per heavy atom. The van der Waals surface area contributed by atoms with Crippen LogP contribution in [0.25, 0.3) is 22.6 Å². The van der Waals surface area contributed by atoms with Crippen molar-refractivity contribution >= 4 is 11.8 Å². The molecule has 3 aromatic rings. The summed E-state index contributed by atoms with van der Waals surface area (Å²) in [6.07, 6.45) is 3.24. The van der Waals surface area contributed by atoms with E-state index in [1.54, 1.807) is 12.1 Å². The van der Waals surface area contributed by atoms with Crippen molar-refractivity contribution in [3.05, 3.63) is 54.3 Å². The third kappa shape index (κ3) is 4.48. The number of carboxylic acid groups (broad SMARTS) is 1. The summed E-state index contributed by atoms with van der Waals surface area (Å²) in [5, 5.41) is 22.9. The van der Waals surface area contributed by atoms with Crippen LogP contribution in [0.2, 0.25) is 0 Å². The average Bonchev–Trinajstić information content (AvgIpc) is 3.19. The molecule has 2 aromatic heterocycles. The zero-order chi connectivity index (χ0) is 21.1. The molecule has 0 saturated heterocycles. The number of carboxylic acids is 1. The molecule has 1 aromatic carbocycles. The minimum atomic E-state index is -0.683. The number of nitrogens with one attached hydrogen (secondary N) is 1. The molecule has 0 bridgehead atoms. The predicted molar refractivity (Wildman–Crippen MR) is 115 cm³/mol. The van der Waals surface area contributed by atoms with Crippen LogP contribution in [0.5, 0.6) is 5.75 Å². The number of nitrogens with zero attached hydrogens (tertiary/aromatic N) is 1. The number of aliphatic carboxylic acids is 1. The summed E-state index contributed by atoms with van der Waals surface area (Å²) in [4.78, 5) is 15.9. The van der Waals surface area contributed by atoms with Crippen LogP contribution in [0, 0.1) is 18.8 Å². The second-order valence-electron chi connectivity index (χ2n) is 7.99. The lowest BCUT2D eigenvalue weighted by atomic mass is 9.82. The monoisotopic (exact) mass is 406 g/mol. The Balaban J connectivity index is 1.57. The maximum absolute atomic E-state index is 11.2. The van der Waals surface area contributed by atoms with Gasteiger partial charge in [0.15, 0.2) is 0 Å². The number of pyridine rings is 1. The molecule has 0 aliphatic heterocycles. The normalized spacial score (nSPS) is 18.8. The zero-order valence-electron chi connectivity index (χ0n) is 17.0. The Bertz CT molecular complexity index is 1040. The SMILES string of the molecule is Cc1ccc(-c2cc(NCC3CCC(C(=O)O)CC3)nc(-c3ccccc3O)c2)o1. The van der Waals surface area contributed by atoms with Crippen LogP contribution in [-0.2, 0) is 4.79 Å². The summed E-state index contributed by atoms with van der Waals surface area (Å²) < 4.78 is 5.80. The molecular formula is C24H26N2O4. The molecule has 3 N–H and O–H groups in total. The van der Waals surface area contributed by atoms with E-state index in [2.05, 4.69) is 5.32 Å². The predicted octanol–water partition coefficient (Wildman–Crippen LogP) is 5.33. The van der Waals surface area contributed by atoms with Gasteiger partial charge in [0.05, 0.1) is 11.6 Å². The Hall–Kier alpha value is -3.28. The molecular weight excluding hydrogens is 380 g/mol. The quantitative estimate of drug-likeness (QED) is 0.512. The molecule has 2 heterocycles. The Kier molecular flexibility index (Phi) is 5.74. The molecule has 4 rings (SSSR count). The minimum Gasteiger partial charge on any atom is -0.507 e. The Morgan fingerprint density at radius 2 is 1.90 bits per heavy atom. The van der Waals surface area contributed by atoms with Crippen LogP contribution in [0.4, 0.5) is 5.82 Å². The van der Waals surface area contributed by atoms with E-state index in [1.807, 2.05) is 43.3 Å². The van der Waals surface area contributed by atoms with E-state index in [9.17, 15) is 15.0 Å². The third-order valence-electron chi connectivity index (χ3n) is 5.80. The molecule has 1 aliphatic carbocycles. The highest BCUT2D eigenvalue weighted by Crippen LogP contribution is 2.34. The maximum atomic E-state index is 11.2. The van der Waals surface area contributed by atoms with Gasteiger partial charge in [-0.3, -0.25) is 4.79 Å². The second kappa shape index (κ2) is 8.61. The van der Waals surface area contributed by atoms with Gasteiger partial charge in [-0.15, -0.1) is 0 Å². The number of carbonyl (C=O) groups is 1. The fraction of sp³-hybridized carbons (Fsp3) is 0.333. The topological polar surface area (TPSA) is 95.6 Å². The number of rotatable bonds is 6. The molecule has 0 radical (unpaired) electrons. The van der Waals surface area contributed by atoms with Crippen molar-refractivity contribution in [3.63, 3.8) is 0 Å². The van der Waals surface area contributed by atoms with Gasteiger partial charge < -0.3 is 19.9 Å². The highest BCUT2D eigenvalue weighted by Gasteiger charge is 2.25. The summed E-state index contributed by atoms with van der Waals surface area (Å²) in [5.74, 6) is 1.99. The van der Waals surface area contributed by atoms with Crippen LogP contribution in [0.3, 0.4) is 0 Å². The van der Waals surface area contributed by atoms with Crippen molar-refractivity contribution in [1.82, 2.24) is 4.98 Å². The Labute approximate surface area is 175 Å². The largest absolute Gasteiger partial charge is 0.507 e. The summed E-state index contributed by atoms with van der Waals surface area (Å²) in [6, 6.07) is 14.8. The number of phenolic OH excluding ortho intramolecular Hbond substituents is 1. The number of aromatic hydroxyl groups is 1. The van der Waals surface area contributed by atoms with Crippen LogP contribution in [0.1, 0.15) is 31.4 Å². The van der Waals surface area contributed by atoms with Crippen molar-refractivity contribution in [1.29, 1.82) is 0 Å². The van der Waals surface area contributed by atoms with E-state index < -0.39 is 5.97 Å². The standard InChI is InChI=1S/C24H26N2O4/c1-15-6-11-22(30-15)18-12-20(19-4-2-3-5-21(19)27)26-23(13-18)25-14-16-7-9-17(10-8-16)24(28)29/h2-6,11-13,16-17,27H,7-10,14H2,1H3,(H,25,26)(H,28,29). The van der Waals surface area contributed by atoms with Crippen LogP contribution >= 0.6 is 0 Å². The lowest BCUT2D eigenvalue weighted by molar-refractivity contribution is -0.143. The highest BCUT2D eigenvalue weighted by molar-refractivity contribution is 5.74. The van der Waals surface area contributed by atoms with Crippen LogP contribution in [0.15, 0.2) is 52.9 Å². The number of phenols is 1. The third-order valence-corrected chi connectivity index (χ3v) is 5.80. The molecule has 6 heteroatoms. The first-order valence-electron chi connectivity index (χ1n) is 10.3. The van der Waals surface area contributed by atoms with E-state index in [0.717, 1.165) is 49.3 Å². The van der Waals surface area contributed by atoms with Crippen molar-refractivity contribution < 1.29 is 19.4 Å². The molecule has 156 valence electrons. The Morgan fingerprint density at radius 1 is 1.13 bits per heavy atom. The summed E-state index contributed by atoms with van der Waals surface area (Å²) in [6.45, 7) is 2.64. The number of furan rings is 1. The summed E-state index contributed by atoms with van der Waals surface area (Å²) in [7, 11) is 0. The van der Waals surface area contributed by atoms with Gasteiger partial charge in [-0.25, -0.2) is 4.98 Å². The number of benzene rings is 1. The highest BCUT2D eigenvalue weighted by atomic mass is 16.4. The van der Waals surface area contributed by atoms with Gasteiger partial charge in [-0.05, 0) is 74.9 Å². The van der Waals surface area contributed by atoms with Gasteiger partial charge in [0.25, 0.3) is 0 Å². The molecule has 6 nitrogen and oxygen atoms in total. The second-order valence-corrected chi connectivity index (χ2v) is 7.99. The minimum absolute atomic E-state index is 0.177. The molecule has 1 saturated carbocycles. The lowest BCUT2D eigenvalue weighted by Crippen LogP contribution is -2.25. The van der Waals surface area contributed by atoms with Gasteiger partial charge in [-0.1, -0.05) is 12.1 Å². The molecule has 0 atom stereocenters. The van der Waals surface area contributed by atoms with E-state index in [1.165, 1.54) is 0 Å². The zero-order valence-corrected chi connectivity index (χ0v) is 17.0. The molecule has 1 aliphatic rings. The first-order valence-corrected chi connectivity index (χ1v) is 10.3. The lowest BCUT2D eigenvalue weighted by Gasteiger charge is -2.26. The van der Waals surface area contributed by atoms with Gasteiger partial charge in [0.2, 0.25) is 0 Å². The van der Waals surface area contributed by atoms with E-state index in [-0.39, 0.29) is 11.7 Å². The average molecular weight is 406 g/mol. The van der Waals surface area contributed by atoms with Crippen molar-refractivity contribution in [2.24, 2.45) is 11.8 Å². The summed E-state index contributed by atoms with van der Waals surface area (Å²) >= 11 is 0. The van der Waals surface area contributed by atoms with E-state index >= 15 is 0 Å². The molecule has 0 spiro atoms. The van der Waals surface area contributed by atoms with Gasteiger partial charge in [0.1, 0.15) is 23.1 Å². The van der Waals surface area contributed by atoms with E-state index in [0.29, 0.717) is 23.0 Å². The number of hydrogen-bond donors (Lipinski definition) is 3. The van der Waals surface area contributed by atoms with Gasteiger partial charge >= 0.3 is 5.97 Å². The maximum Gasteiger partial charge on any atom is 0.306 e. The molecule has 1 fully saturated rings. The molecule has 0 unspecified atom stereocenters. The number of hydrogen-bond acceptors (Lipinski definition) is 5. The van der Waals surface area contributed by atoms with Crippen LogP contribution < -0.4 is 5.32 Å². The van der Waals surface area contributed by atoms with Gasteiger partial charge in [0, 0.05) is 17.7 Å². The number of anilines is 1. The van der Waals surface area contributed by atoms with Crippen LogP contribution in [-0.4, -0.2) is 27.7 Å². The first kappa shape index (κ1) is 20.0. The first-order chi connectivity index (χ1) is 14.5. The fourth-order valence-electron chi connectivity index (χ4n) is 4.04. The fourth-order valence-corrected chi connectivity index (χ4v) is 4.04. The summed E-state index contributed by atoms with van der Waals surface area (Å²) in [5.41, 5.74) is 2.21. The number of aryl methyl sites for hydroxylation is 1. The molecule has 30 heavy (non-hydrogen) atoms.